The molecule has 0 N–H and O–H groups in total. The molecule has 0 saturated carbocycles. The van der Waals surface area contributed by atoms with Crippen LogP contribution in [0, 0.1) is 0 Å². The second-order valence-corrected chi connectivity index (χ2v) is 6.01. The van der Waals surface area contributed by atoms with Crippen molar-refractivity contribution in [3.63, 3.8) is 0 Å². The van der Waals surface area contributed by atoms with Crippen molar-refractivity contribution < 1.29 is 4.52 Å². The van der Waals surface area contributed by atoms with Crippen LogP contribution in [0.4, 0.5) is 0 Å². The molecule has 0 aliphatic heterocycles. The first kappa shape index (κ1) is 13.9. The Kier molecular flexibility index (Phi) is 3.10. The van der Waals surface area contributed by atoms with Gasteiger partial charge in [0.25, 0.3) is 5.89 Å². The third-order valence-corrected chi connectivity index (χ3v) is 4.45. The summed E-state index contributed by atoms with van der Waals surface area (Å²) in [5.41, 5.74) is 1.91. The summed E-state index contributed by atoms with van der Waals surface area (Å²) < 4.78 is 5.54. The Balaban J connectivity index is 1.62. The monoisotopic (exact) mass is 322 g/mol. The number of fused-ring (bicyclic) bond motifs is 2. The molecule has 1 heterocycles. The largest absolute Gasteiger partial charge is 0.334 e. The molecule has 0 amide bonds. The molecule has 0 aliphatic rings. The normalized spacial score (nSPS) is 11.2. The van der Waals surface area contributed by atoms with Crippen LogP contribution in [0.15, 0.2) is 89.5 Å². The van der Waals surface area contributed by atoms with Crippen molar-refractivity contribution in [2.75, 3.05) is 0 Å². The maximum Gasteiger partial charge on any atom is 0.258 e. The molecule has 3 nitrogen and oxygen atoms in total. The molecule has 0 saturated heterocycles. The van der Waals surface area contributed by atoms with Crippen molar-refractivity contribution >= 4 is 21.5 Å². The first-order valence-electron chi connectivity index (χ1n) is 8.19. The molecule has 0 spiro atoms. The quantitative estimate of drug-likeness (QED) is 0.418. The molecule has 1 aromatic heterocycles. The van der Waals surface area contributed by atoms with Crippen molar-refractivity contribution in [2.24, 2.45) is 0 Å². The van der Waals surface area contributed by atoms with Crippen LogP contribution in [-0.4, -0.2) is 10.1 Å². The molecule has 5 rings (SSSR count). The second kappa shape index (κ2) is 5.56. The summed E-state index contributed by atoms with van der Waals surface area (Å²) >= 11 is 0. The van der Waals surface area contributed by atoms with E-state index in [1.54, 1.807) is 0 Å². The van der Waals surface area contributed by atoms with Crippen LogP contribution >= 0.6 is 0 Å². The highest BCUT2D eigenvalue weighted by atomic mass is 16.5. The first-order chi connectivity index (χ1) is 12.4. The van der Waals surface area contributed by atoms with E-state index in [9.17, 15) is 0 Å². The van der Waals surface area contributed by atoms with Crippen LogP contribution in [0.25, 0.3) is 44.4 Å². The zero-order chi connectivity index (χ0) is 16.6. The van der Waals surface area contributed by atoms with Gasteiger partial charge in [0.15, 0.2) is 0 Å². The molecule has 0 radical (unpaired) electrons. The van der Waals surface area contributed by atoms with E-state index in [0.717, 1.165) is 27.3 Å². The van der Waals surface area contributed by atoms with Crippen molar-refractivity contribution in [3.05, 3.63) is 84.9 Å². The lowest BCUT2D eigenvalue weighted by molar-refractivity contribution is 0.432. The fraction of sp³-hybridized carbons (Fsp3) is 0. The van der Waals surface area contributed by atoms with Crippen LogP contribution in [0.5, 0.6) is 0 Å². The van der Waals surface area contributed by atoms with Gasteiger partial charge in [-0.2, -0.15) is 4.98 Å². The molecular weight excluding hydrogens is 308 g/mol. The maximum absolute atomic E-state index is 5.54. The molecular formula is C22H14N2O. The summed E-state index contributed by atoms with van der Waals surface area (Å²) in [5.74, 6) is 1.15. The van der Waals surface area contributed by atoms with E-state index in [1.807, 2.05) is 42.5 Å². The summed E-state index contributed by atoms with van der Waals surface area (Å²) in [4.78, 5) is 4.63. The molecule has 118 valence electrons. The van der Waals surface area contributed by atoms with Gasteiger partial charge in [-0.25, -0.2) is 0 Å². The Bertz CT molecular complexity index is 1200. The van der Waals surface area contributed by atoms with E-state index in [1.165, 1.54) is 5.39 Å². The SMILES string of the molecule is c1ccc2cc(-c3nc(-c4cccc5ccccc45)no3)ccc2c1. The van der Waals surface area contributed by atoms with Crippen molar-refractivity contribution in [2.45, 2.75) is 0 Å². The Morgan fingerprint density at radius 1 is 0.640 bits per heavy atom. The third kappa shape index (κ3) is 2.37. The Morgan fingerprint density at radius 2 is 1.40 bits per heavy atom. The smallest absolute Gasteiger partial charge is 0.258 e. The van der Waals surface area contributed by atoms with Gasteiger partial charge in [-0.3, -0.25) is 0 Å². The molecule has 5 aromatic rings. The summed E-state index contributed by atoms with van der Waals surface area (Å²) in [5, 5.41) is 8.84. The van der Waals surface area contributed by atoms with Crippen LogP contribution in [0.1, 0.15) is 0 Å². The van der Waals surface area contributed by atoms with Gasteiger partial charge in [-0.1, -0.05) is 78.0 Å². The molecule has 0 aliphatic carbocycles. The van der Waals surface area contributed by atoms with E-state index in [-0.39, 0.29) is 0 Å². The van der Waals surface area contributed by atoms with Gasteiger partial charge in [0.1, 0.15) is 0 Å². The van der Waals surface area contributed by atoms with Crippen molar-refractivity contribution in [1.82, 2.24) is 10.1 Å². The molecule has 0 fully saturated rings. The van der Waals surface area contributed by atoms with Gasteiger partial charge in [0.2, 0.25) is 5.82 Å². The number of hydrogen-bond acceptors (Lipinski definition) is 3. The minimum absolute atomic E-state index is 0.536. The second-order valence-electron chi connectivity index (χ2n) is 6.01. The van der Waals surface area contributed by atoms with Gasteiger partial charge in [0.05, 0.1) is 0 Å². The van der Waals surface area contributed by atoms with Gasteiger partial charge < -0.3 is 4.52 Å². The predicted molar refractivity (Wildman–Crippen MR) is 100 cm³/mol. The Morgan fingerprint density at radius 3 is 2.32 bits per heavy atom. The highest BCUT2D eigenvalue weighted by molar-refractivity contribution is 5.95. The molecule has 4 aromatic carbocycles. The van der Waals surface area contributed by atoms with Gasteiger partial charge >= 0.3 is 0 Å². The molecule has 0 unspecified atom stereocenters. The maximum atomic E-state index is 5.54. The van der Waals surface area contributed by atoms with E-state index in [4.69, 9.17) is 4.52 Å². The van der Waals surface area contributed by atoms with Crippen LogP contribution in [-0.2, 0) is 0 Å². The number of benzene rings is 4. The van der Waals surface area contributed by atoms with Gasteiger partial charge in [0, 0.05) is 11.1 Å². The Hall–Kier alpha value is -3.46. The van der Waals surface area contributed by atoms with Crippen molar-refractivity contribution in [1.29, 1.82) is 0 Å². The van der Waals surface area contributed by atoms with E-state index < -0.39 is 0 Å². The molecule has 3 heteroatoms. The van der Waals surface area contributed by atoms with Gasteiger partial charge in [-0.15, -0.1) is 0 Å². The highest BCUT2D eigenvalue weighted by Crippen LogP contribution is 2.29. The lowest BCUT2D eigenvalue weighted by Gasteiger charge is -2.01. The zero-order valence-corrected chi connectivity index (χ0v) is 13.4. The van der Waals surface area contributed by atoms with Crippen LogP contribution in [0.3, 0.4) is 0 Å². The Labute approximate surface area is 144 Å². The molecule has 0 atom stereocenters. The molecule has 25 heavy (non-hydrogen) atoms. The fourth-order valence-corrected chi connectivity index (χ4v) is 3.19. The summed E-state index contributed by atoms with van der Waals surface area (Å²) in [6, 6.07) is 28.8. The number of hydrogen-bond donors (Lipinski definition) is 0. The lowest BCUT2D eigenvalue weighted by Crippen LogP contribution is -1.84. The summed E-state index contributed by atoms with van der Waals surface area (Å²) in [6.07, 6.45) is 0. The van der Waals surface area contributed by atoms with Gasteiger partial charge in [-0.05, 0) is 33.7 Å². The zero-order valence-electron chi connectivity index (χ0n) is 13.4. The van der Waals surface area contributed by atoms with Crippen LogP contribution < -0.4 is 0 Å². The average Bonchev–Trinajstić information content (AvgIpc) is 3.17. The summed E-state index contributed by atoms with van der Waals surface area (Å²) in [6.45, 7) is 0. The van der Waals surface area contributed by atoms with E-state index in [0.29, 0.717) is 11.7 Å². The van der Waals surface area contributed by atoms with Crippen molar-refractivity contribution in [3.8, 4) is 22.8 Å². The van der Waals surface area contributed by atoms with E-state index >= 15 is 0 Å². The highest BCUT2D eigenvalue weighted by Gasteiger charge is 2.13. The lowest BCUT2D eigenvalue weighted by atomic mass is 10.0. The molecule has 0 bridgehead atoms. The standard InChI is InChI=1S/C22H14N2O/c1-2-8-17-14-18(13-12-15(17)6-1)22-23-21(24-25-22)20-11-5-9-16-7-3-4-10-19(16)20/h1-14H. The first-order valence-corrected chi connectivity index (χ1v) is 8.19. The predicted octanol–water partition coefficient (Wildman–Crippen LogP) is 5.71. The number of nitrogens with zero attached hydrogens (tertiary/aromatic N) is 2. The number of rotatable bonds is 2. The van der Waals surface area contributed by atoms with Crippen LogP contribution in [0.2, 0.25) is 0 Å². The number of aromatic nitrogens is 2. The summed E-state index contributed by atoms with van der Waals surface area (Å²) in [7, 11) is 0. The fourth-order valence-electron chi connectivity index (χ4n) is 3.19. The minimum Gasteiger partial charge on any atom is -0.334 e. The minimum atomic E-state index is 0.536. The van der Waals surface area contributed by atoms with E-state index in [2.05, 4.69) is 52.6 Å². The average molecular weight is 322 g/mol. The topological polar surface area (TPSA) is 38.9 Å². The third-order valence-electron chi connectivity index (χ3n) is 4.45.